The third-order valence-electron chi connectivity index (χ3n) is 4.36. The maximum atomic E-state index is 12.1. The minimum absolute atomic E-state index is 0.160. The number of hydrogen-bond donors (Lipinski definition) is 0. The van der Waals surface area contributed by atoms with Crippen molar-refractivity contribution in [1.82, 2.24) is 0 Å². The fourth-order valence-electron chi connectivity index (χ4n) is 3.45. The molecular formula is C18H16O2. The highest BCUT2D eigenvalue weighted by molar-refractivity contribution is 6.02. The summed E-state index contributed by atoms with van der Waals surface area (Å²) in [4.78, 5) is 12.1. The van der Waals surface area contributed by atoms with Crippen molar-refractivity contribution < 1.29 is 9.53 Å². The molecular weight excluding hydrogens is 248 g/mol. The normalized spacial score (nSPS) is 16.5. The highest BCUT2D eigenvalue weighted by Gasteiger charge is 2.29. The van der Waals surface area contributed by atoms with E-state index >= 15 is 0 Å². The number of rotatable bonds is 1. The summed E-state index contributed by atoms with van der Waals surface area (Å²) in [6.07, 6.45) is 4.65. The first-order chi connectivity index (χ1) is 9.84. The molecule has 1 aliphatic heterocycles. The molecule has 2 nitrogen and oxygen atoms in total. The van der Waals surface area contributed by atoms with Crippen LogP contribution in [0.1, 0.15) is 39.9 Å². The van der Waals surface area contributed by atoms with Crippen LogP contribution >= 0.6 is 0 Å². The van der Waals surface area contributed by atoms with E-state index in [9.17, 15) is 4.79 Å². The quantitative estimate of drug-likeness (QED) is 0.730. The fourth-order valence-corrected chi connectivity index (χ4v) is 3.45. The molecule has 0 saturated carbocycles. The molecule has 0 bridgehead atoms. The molecule has 0 aromatic heterocycles. The van der Waals surface area contributed by atoms with Crippen LogP contribution in [0.5, 0.6) is 0 Å². The van der Waals surface area contributed by atoms with Gasteiger partial charge in [-0.2, -0.15) is 0 Å². The molecule has 2 aromatic rings. The molecule has 2 aromatic carbocycles. The van der Waals surface area contributed by atoms with Crippen LogP contribution in [0.3, 0.4) is 0 Å². The molecule has 20 heavy (non-hydrogen) atoms. The Morgan fingerprint density at radius 1 is 0.900 bits per heavy atom. The second kappa shape index (κ2) is 4.48. The molecule has 0 N–H and O–H groups in total. The number of hydrogen-bond acceptors (Lipinski definition) is 2. The number of cyclic esters (lactones) is 1. The van der Waals surface area contributed by atoms with Crippen LogP contribution in [0.2, 0.25) is 0 Å². The first kappa shape index (κ1) is 11.7. The number of carbonyl (C=O) groups is 1. The van der Waals surface area contributed by atoms with E-state index in [1.165, 1.54) is 24.0 Å². The van der Waals surface area contributed by atoms with Gasteiger partial charge in [-0.3, -0.25) is 0 Å². The van der Waals surface area contributed by atoms with Crippen LogP contribution in [0.15, 0.2) is 36.4 Å². The number of benzene rings is 2. The van der Waals surface area contributed by atoms with E-state index in [4.69, 9.17) is 4.74 Å². The highest BCUT2D eigenvalue weighted by Crippen LogP contribution is 2.39. The smallest absolute Gasteiger partial charge is 0.339 e. The van der Waals surface area contributed by atoms with Gasteiger partial charge in [0.1, 0.15) is 6.61 Å². The average molecular weight is 264 g/mol. The van der Waals surface area contributed by atoms with E-state index in [0.717, 1.165) is 35.1 Å². The van der Waals surface area contributed by atoms with Gasteiger partial charge in [0.05, 0.1) is 5.56 Å². The minimum Gasteiger partial charge on any atom is -0.457 e. The van der Waals surface area contributed by atoms with Crippen LogP contribution in [0.4, 0.5) is 0 Å². The van der Waals surface area contributed by atoms with Crippen molar-refractivity contribution >= 4 is 5.97 Å². The number of ether oxygens (including phenoxy) is 1. The van der Waals surface area contributed by atoms with E-state index in [1.807, 2.05) is 18.2 Å². The van der Waals surface area contributed by atoms with Crippen LogP contribution in [0, 0.1) is 0 Å². The predicted octanol–water partition coefficient (Wildman–Crippen LogP) is 3.90. The Bertz CT molecular complexity index is 686. The summed E-state index contributed by atoms with van der Waals surface area (Å²) in [6, 6.07) is 12.5. The van der Waals surface area contributed by atoms with Gasteiger partial charge >= 0.3 is 5.97 Å². The summed E-state index contributed by atoms with van der Waals surface area (Å²) in [7, 11) is 0. The summed E-state index contributed by atoms with van der Waals surface area (Å²) < 4.78 is 5.27. The van der Waals surface area contributed by atoms with Gasteiger partial charge in [-0.25, -0.2) is 4.79 Å². The third kappa shape index (κ3) is 1.68. The lowest BCUT2D eigenvalue weighted by Gasteiger charge is -2.21. The third-order valence-corrected chi connectivity index (χ3v) is 4.36. The molecule has 0 unspecified atom stereocenters. The van der Waals surface area contributed by atoms with Crippen LogP contribution in [-0.4, -0.2) is 5.97 Å². The van der Waals surface area contributed by atoms with E-state index in [2.05, 4.69) is 18.2 Å². The molecule has 0 saturated heterocycles. The van der Waals surface area contributed by atoms with Crippen molar-refractivity contribution in [2.45, 2.75) is 32.3 Å². The molecule has 1 aliphatic carbocycles. The lowest BCUT2D eigenvalue weighted by Crippen LogP contribution is -2.09. The number of fused-ring (bicyclic) bond motifs is 2. The van der Waals surface area contributed by atoms with Gasteiger partial charge < -0.3 is 4.74 Å². The second-order valence-corrected chi connectivity index (χ2v) is 5.57. The molecule has 0 radical (unpaired) electrons. The van der Waals surface area contributed by atoms with E-state index in [0.29, 0.717) is 6.61 Å². The van der Waals surface area contributed by atoms with Crippen molar-refractivity contribution in [3.05, 3.63) is 58.7 Å². The zero-order chi connectivity index (χ0) is 13.5. The molecule has 2 heteroatoms. The van der Waals surface area contributed by atoms with E-state index < -0.39 is 0 Å². The van der Waals surface area contributed by atoms with Crippen molar-refractivity contribution in [2.75, 3.05) is 0 Å². The van der Waals surface area contributed by atoms with Gasteiger partial charge in [0.25, 0.3) is 0 Å². The van der Waals surface area contributed by atoms with E-state index in [1.54, 1.807) is 0 Å². The van der Waals surface area contributed by atoms with Crippen molar-refractivity contribution in [2.24, 2.45) is 0 Å². The van der Waals surface area contributed by atoms with E-state index in [-0.39, 0.29) is 5.97 Å². The molecule has 0 spiro atoms. The molecule has 2 aliphatic rings. The summed E-state index contributed by atoms with van der Waals surface area (Å²) in [5, 5.41) is 0. The zero-order valence-electron chi connectivity index (χ0n) is 11.3. The first-order valence-corrected chi connectivity index (χ1v) is 7.25. The Morgan fingerprint density at radius 3 is 2.55 bits per heavy atom. The van der Waals surface area contributed by atoms with Crippen molar-refractivity contribution in [1.29, 1.82) is 0 Å². The van der Waals surface area contributed by atoms with Gasteiger partial charge in [0, 0.05) is 11.1 Å². The first-order valence-electron chi connectivity index (χ1n) is 7.25. The lowest BCUT2D eigenvalue weighted by molar-refractivity contribution is 0.0535. The van der Waals surface area contributed by atoms with Crippen molar-refractivity contribution in [3.63, 3.8) is 0 Å². The number of aryl methyl sites for hydroxylation is 1. The maximum absolute atomic E-state index is 12.1. The monoisotopic (exact) mass is 264 g/mol. The Labute approximate surface area is 118 Å². The Morgan fingerprint density at radius 2 is 1.70 bits per heavy atom. The van der Waals surface area contributed by atoms with Gasteiger partial charge in [0.15, 0.2) is 0 Å². The summed E-state index contributed by atoms with van der Waals surface area (Å²) in [5.74, 6) is -0.160. The topological polar surface area (TPSA) is 26.3 Å². The van der Waals surface area contributed by atoms with Gasteiger partial charge in [-0.1, -0.05) is 36.4 Å². The Balaban J connectivity index is 2.04. The molecule has 0 amide bonds. The van der Waals surface area contributed by atoms with Crippen LogP contribution in [-0.2, 0) is 24.2 Å². The van der Waals surface area contributed by atoms with Crippen molar-refractivity contribution in [3.8, 4) is 11.1 Å². The number of esters is 1. The lowest BCUT2D eigenvalue weighted by atomic mass is 9.82. The molecule has 0 atom stereocenters. The predicted molar refractivity (Wildman–Crippen MR) is 77.6 cm³/mol. The van der Waals surface area contributed by atoms with Crippen LogP contribution in [0.25, 0.3) is 11.1 Å². The minimum atomic E-state index is -0.160. The fraction of sp³-hybridized carbons (Fsp3) is 0.278. The molecule has 4 rings (SSSR count). The molecule has 0 fully saturated rings. The second-order valence-electron chi connectivity index (χ2n) is 5.57. The standard InChI is InChI=1S/C18H16O2/c19-18-17-14(11-20-18)10-13-8-4-5-9-15(13)16(17)12-6-2-1-3-7-12/h1-3,6-7,10H,4-5,8-9,11H2. The van der Waals surface area contributed by atoms with Crippen LogP contribution < -0.4 is 0 Å². The Hall–Kier alpha value is -2.09. The SMILES string of the molecule is O=C1OCc2cc3c(c(-c4ccccc4)c21)CCCC3. The number of carbonyl (C=O) groups excluding carboxylic acids is 1. The largest absolute Gasteiger partial charge is 0.457 e. The van der Waals surface area contributed by atoms with Gasteiger partial charge in [-0.15, -0.1) is 0 Å². The zero-order valence-corrected chi connectivity index (χ0v) is 11.3. The summed E-state index contributed by atoms with van der Waals surface area (Å²) in [6.45, 7) is 0.432. The molecule has 1 heterocycles. The maximum Gasteiger partial charge on any atom is 0.339 e. The highest BCUT2D eigenvalue weighted by atomic mass is 16.5. The van der Waals surface area contributed by atoms with Gasteiger partial charge in [-0.05, 0) is 42.4 Å². The average Bonchev–Trinajstić information content (AvgIpc) is 2.87. The summed E-state index contributed by atoms with van der Waals surface area (Å²) in [5.41, 5.74) is 6.90. The van der Waals surface area contributed by atoms with Gasteiger partial charge in [0.2, 0.25) is 0 Å². The molecule has 100 valence electrons. The summed E-state index contributed by atoms with van der Waals surface area (Å²) >= 11 is 0. The Kier molecular flexibility index (Phi) is 2.62.